The Labute approximate surface area is 133 Å². The molecule has 0 aliphatic carbocycles. The van der Waals surface area contributed by atoms with E-state index in [1.165, 1.54) is 18.2 Å². The highest BCUT2D eigenvalue weighted by atomic mass is 19.4. The Bertz CT molecular complexity index is 509. The van der Waals surface area contributed by atoms with Crippen LogP contribution in [0.25, 0.3) is 0 Å². The van der Waals surface area contributed by atoms with E-state index >= 15 is 0 Å². The third-order valence-electron chi connectivity index (χ3n) is 2.82. The third kappa shape index (κ3) is 8.27. The molecular formula is C14H21F3N4O2. The van der Waals surface area contributed by atoms with Gasteiger partial charge >= 0.3 is 6.36 Å². The Balaban J connectivity index is 2.56. The lowest BCUT2D eigenvalue weighted by molar-refractivity contribution is -0.274. The van der Waals surface area contributed by atoms with Gasteiger partial charge in [0.2, 0.25) is 0 Å². The van der Waals surface area contributed by atoms with E-state index in [-0.39, 0.29) is 17.4 Å². The molecule has 0 amide bonds. The van der Waals surface area contributed by atoms with Crippen LogP contribution in [0.5, 0.6) is 5.75 Å². The van der Waals surface area contributed by atoms with Crippen molar-refractivity contribution in [3.05, 3.63) is 24.3 Å². The number of nitrogens with two attached hydrogens (primary N) is 1. The average Bonchev–Trinajstić information content (AvgIpc) is 2.45. The van der Waals surface area contributed by atoms with Crippen molar-refractivity contribution in [2.75, 3.05) is 45.7 Å². The normalized spacial score (nSPS) is 12.5. The highest BCUT2D eigenvalue weighted by Gasteiger charge is 2.32. The van der Waals surface area contributed by atoms with Crippen LogP contribution in [0.1, 0.15) is 0 Å². The van der Waals surface area contributed by atoms with Gasteiger partial charge in [0.1, 0.15) is 0 Å². The van der Waals surface area contributed by atoms with E-state index in [0.717, 1.165) is 6.54 Å². The first-order chi connectivity index (χ1) is 10.8. The number of ether oxygens (including phenoxy) is 2. The molecule has 130 valence electrons. The molecule has 1 aromatic carbocycles. The number of aliphatic imine (C=N–C) groups is 1. The summed E-state index contributed by atoms with van der Waals surface area (Å²) in [5.74, 6) is -0.348. The summed E-state index contributed by atoms with van der Waals surface area (Å²) >= 11 is 0. The van der Waals surface area contributed by atoms with Gasteiger partial charge in [-0.25, -0.2) is 0 Å². The Kier molecular flexibility index (Phi) is 7.63. The summed E-state index contributed by atoms with van der Waals surface area (Å²) in [7, 11) is 3.53. The van der Waals surface area contributed by atoms with Gasteiger partial charge in [-0.15, -0.1) is 13.2 Å². The minimum atomic E-state index is -4.77. The highest BCUT2D eigenvalue weighted by molar-refractivity contribution is 5.93. The van der Waals surface area contributed by atoms with Gasteiger partial charge in [-0.2, -0.15) is 0 Å². The topological polar surface area (TPSA) is 72.1 Å². The van der Waals surface area contributed by atoms with Crippen LogP contribution in [-0.2, 0) is 4.74 Å². The van der Waals surface area contributed by atoms with E-state index in [9.17, 15) is 13.2 Å². The van der Waals surface area contributed by atoms with Crippen molar-refractivity contribution < 1.29 is 22.6 Å². The second-order valence-corrected chi connectivity index (χ2v) is 4.73. The van der Waals surface area contributed by atoms with E-state index < -0.39 is 6.36 Å². The fourth-order valence-electron chi connectivity index (χ4n) is 1.66. The number of anilines is 1. The predicted molar refractivity (Wildman–Crippen MR) is 82.6 cm³/mol. The van der Waals surface area contributed by atoms with Crippen LogP contribution < -0.4 is 15.8 Å². The van der Waals surface area contributed by atoms with Gasteiger partial charge in [0, 0.05) is 20.2 Å². The highest BCUT2D eigenvalue weighted by Crippen LogP contribution is 2.29. The minimum absolute atomic E-state index is 0.0170. The fraction of sp³-hybridized carbons (Fsp3) is 0.500. The van der Waals surface area contributed by atoms with Crippen molar-refractivity contribution in [1.29, 1.82) is 0 Å². The zero-order chi connectivity index (χ0) is 17.3. The van der Waals surface area contributed by atoms with Gasteiger partial charge in [0.15, 0.2) is 11.7 Å². The Morgan fingerprint density at radius 2 is 2.00 bits per heavy atom. The zero-order valence-electron chi connectivity index (χ0n) is 13.1. The van der Waals surface area contributed by atoms with E-state index in [0.29, 0.717) is 19.7 Å². The smallest absolute Gasteiger partial charge is 0.404 e. The standard InChI is InChI=1S/C14H21F3N4O2/c1-21(9-10-22-2)8-7-19-13(18)20-11-5-3-4-6-12(11)23-14(15,16)17/h3-6H,7-10H2,1-2H3,(H3,18,19,20). The van der Waals surface area contributed by atoms with Gasteiger partial charge in [-0.3, -0.25) is 4.99 Å². The van der Waals surface area contributed by atoms with Gasteiger partial charge in [-0.05, 0) is 19.2 Å². The summed E-state index contributed by atoms with van der Waals surface area (Å²) in [6.45, 7) is 2.41. The molecule has 0 aromatic heterocycles. The molecule has 0 saturated carbocycles. The Morgan fingerprint density at radius 3 is 2.65 bits per heavy atom. The third-order valence-corrected chi connectivity index (χ3v) is 2.82. The number of nitrogens with zero attached hydrogens (tertiary/aromatic N) is 2. The molecule has 3 N–H and O–H groups in total. The molecule has 0 spiro atoms. The molecule has 0 saturated heterocycles. The second kappa shape index (κ2) is 9.21. The number of hydrogen-bond donors (Lipinski definition) is 2. The van der Waals surface area contributed by atoms with E-state index in [4.69, 9.17) is 10.5 Å². The Morgan fingerprint density at radius 1 is 1.30 bits per heavy atom. The van der Waals surface area contributed by atoms with Crippen LogP contribution in [0.3, 0.4) is 0 Å². The van der Waals surface area contributed by atoms with Crippen LogP contribution in [0.4, 0.5) is 18.9 Å². The molecule has 0 aliphatic rings. The summed E-state index contributed by atoms with van der Waals surface area (Å²) in [6, 6.07) is 5.62. The molecule has 0 radical (unpaired) electrons. The lowest BCUT2D eigenvalue weighted by Crippen LogP contribution is -2.28. The molecule has 23 heavy (non-hydrogen) atoms. The van der Waals surface area contributed by atoms with Crippen molar-refractivity contribution in [1.82, 2.24) is 4.90 Å². The summed E-state index contributed by atoms with van der Waals surface area (Å²) in [5.41, 5.74) is 5.78. The number of benzene rings is 1. The summed E-state index contributed by atoms with van der Waals surface area (Å²) in [5, 5.41) is 2.61. The summed E-state index contributed by atoms with van der Waals surface area (Å²) in [6.07, 6.45) is -4.77. The first-order valence-corrected chi connectivity index (χ1v) is 6.91. The van der Waals surface area contributed by atoms with E-state index in [1.807, 2.05) is 11.9 Å². The minimum Gasteiger partial charge on any atom is -0.404 e. The summed E-state index contributed by atoms with van der Waals surface area (Å²) < 4.78 is 45.9. The first-order valence-electron chi connectivity index (χ1n) is 6.91. The molecule has 1 rings (SSSR count). The number of rotatable bonds is 8. The number of alkyl halides is 3. The molecule has 0 atom stereocenters. The Hall–Kier alpha value is -2.00. The van der Waals surface area contributed by atoms with Gasteiger partial charge in [0.25, 0.3) is 0 Å². The number of guanidine groups is 1. The molecule has 0 fully saturated rings. The van der Waals surface area contributed by atoms with Gasteiger partial charge < -0.3 is 25.4 Å². The quantitative estimate of drug-likeness (QED) is 0.561. The van der Waals surface area contributed by atoms with E-state index in [2.05, 4.69) is 15.0 Å². The van der Waals surface area contributed by atoms with Crippen LogP contribution in [-0.4, -0.2) is 57.6 Å². The SMILES string of the molecule is COCCN(C)CCN=C(N)Nc1ccccc1OC(F)(F)F. The maximum absolute atomic E-state index is 12.3. The molecule has 0 bridgehead atoms. The lowest BCUT2D eigenvalue weighted by Gasteiger charge is -2.15. The molecule has 0 heterocycles. The van der Waals surface area contributed by atoms with Crippen LogP contribution >= 0.6 is 0 Å². The zero-order valence-corrected chi connectivity index (χ0v) is 13.1. The maximum Gasteiger partial charge on any atom is 0.573 e. The van der Waals surface area contributed by atoms with Crippen molar-refractivity contribution in [2.45, 2.75) is 6.36 Å². The number of para-hydroxylation sites is 2. The first kappa shape index (κ1) is 19.0. The number of likely N-dealkylation sites (N-methyl/N-ethyl adjacent to an activating group) is 1. The molecule has 6 nitrogen and oxygen atoms in total. The molecular weight excluding hydrogens is 313 g/mol. The van der Waals surface area contributed by atoms with Gasteiger partial charge in [-0.1, -0.05) is 12.1 Å². The number of halogens is 3. The average molecular weight is 334 g/mol. The van der Waals surface area contributed by atoms with Crippen molar-refractivity contribution in [3.63, 3.8) is 0 Å². The van der Waals surface area contributed by atoms with Crippen molar-refractivity contribution in [3.8, 4) is 5.75 Å². The number of hydrogen-bond acceptors (Lipinski definition) is 4. The van der Waals surface area contributed by atoms with E-state index in [1.54, 1.807) is 13.2 Å². The molecule has 0 unspecified atom stereocenters. The number of methoxy groups -OCH3 is 1. The monoisotopic (exact) mass is 334 g/mol. The largest absolute Gasteiger partial charge is 0.573 e. The van der Waals surface area contributed by atoms with Crippen molar-refractivity contribution >= 4 is 11.6 Å². The second-order valence-electron chi connectivity index (χ2n) is 4.73. The fourth-order valence-corrected chi connectivity index (χ4v) is 1.66. The van der Waals surface area contributed by atoms with Crippen LogP contribution in [0.2, 0.25) is 0 Å². The molecule has 9 heteroatoms. The van der Waals surface area contributed by atoms with Crippen molar-refractivity contribution in [2.24, 2.45) is 10.7 Å². The summed E-state index contributed by atoms with van der Waals surface area (Å²) in [4.78, 5) is 6.07. The predicted octanol–water partition coefficient (Wildman–Crippen LogP) is 1.89. The van der Waals surface area contributed by atoms with Crippen LogP contribution in [0, 0.1) is 0 Å². The molecule has 0 aliphatic heterocycles. The maximum atomic E-state index is 12.3. The lowest BCUT2D eigenvalue weighted by atomic mass is 10.3. The number of nitrogens with one attached hydrogen (secondary N) is 1. The van der Waals surface area contributed by atoms with Crippen LogP contribution in [0.15, 0.2) is 29.3 Å². The van der Waals surface area contributed by atoms with Gasteiger partial charge in [0.05, 0.1) is 18.8 Å². The molecule has 1 aromatic rings.